The Hall–Kier alpha value is -2.21. The predicted molar refractivity (Wildman–Crippen MR) is 93.8 cm³/mol. The largest absolute Gasteiger partial charge is 0.421 e. The number of carbonyl (C=O) groups is 1. The molecule has 1 aromatic carbocycles. The first-order chi connectivity index (χ1) is 12.3. The van der Waals surface area contributed by atoms with Crippen LogP contribution in [0.1, 0.15) is 31.6 Å². The van der Waals surface area contributed by atoms with Gasteiger partial charge in [-0.3, -0.25) is 9.69 Å². The van der Waals surface area contributed by atoms with E-state index in [-0.39, 0.29) is 5.91 Å². The molecule has 2 saturated heterocycles. The monoisotopic (exact) mass is 340 g/mol. The van der Waals surface area contributed by atoms with Gasteiger partial charge in [0.2, 0.25) is 17.7 Å². The SMILES string of the molecule is O=C(CCc1nnc(-c2ccccc2)o1)N1CCN2CCCC[C@@H]2C1. The number of carbonyl (C=O) groups excluding carboxylic acids is 1. The van der Waals surface area contributed by atoms with Gasteiger partial charge in [0.05, 0.1) is 0 Å². The van der Waals surface area contributed by atoms with E-state index in [4.69, 9.17) is 4.42 Å². The van der Waals surface area contributed by atoms with Crippen LogP contribution in [0.4, 0.5) is 0 Å². The van der Waals surface area contributed by atoms with E-state index >= 15 is 0 Å². The van der Waals surface area contributed by atoms with Crippen LogP contribution in [0.15, 0.2) is 34.7 Å². The Morgan fingerprint density at radius 2 is 2.00 bits per heavy atom. The van der Waals surface area contributed by atoms with E-state index in [1.807, 2.05) is 35.2 Å². The molecule has 0 aliphatic carbocycles. The Kier molecular flexibility index (Phi) is 4.78. The molecule has 6 heteroatoms. The summed E-state index contributed by atoms with van der Waals surface area (Å²) in [4.78, 5) is 17.1. The molecule has 2 fully saturated rings. The van der Waals surface area contributed by atoms with Gasteiger partial charge in [0.1, 0.15) is 0 Å². The van der Waals surface area contributed by atoms with Crippen molar-refractivity contribution in [3.05, 3.63) is 36.2 Å². The highest BCUT2D eigenvalue weighted by Gasteiger charge is 2.30. The summed E-state index contributed by atoms with van der Waals surface area (Å²) in [5.41, 5.74) is 0.904. The van der Waals surface area contributed by atoms with Crippen molar-refractivity contribution >= 4 is 5.91 Å². The normalized spacial score (nSPS) is 21.1. The minimum absolute atomic E-state index is 0.199. The second-order valence-electron chi connectivity index (χ2n) is 6.89. The van der Waals surface area contributed by atoms with Crippen molar-refractivity contribution in [1.29, 1.82) is 0 Å². The lowest BCUT2D eigenvalue weighted by atomic mass is 9.99. The number of nitrogens with zero attached hydrogens (tertiary/aromatic N) is 4. The van der Waals surface area contributed by atoms with E-state index in [1.165, 1.54) is 25.8 Å². The fourth-order valence-corrected chi connectivity index (χ4v) is 3.81. The number of aromatic nitrogens is 2. The topological polar surface area (TPSA) is 62.5 Å². The minimum Gasteiger partial charge on any atom is -0.421 e. The summed E-state index contributed by atoms with van der Waals surface area (Å²) in [5.74, 6) is 1.24. The number of hydrogen-bond donors (Lipinski definition) is 0. The highest BCUT2D eigenvalue weighted by atomic mass is 16.4. The smallest absolute Gasteiger partial charge is 0.247 e. The summed E-state index contributed by atoms with van der Waals surface area (Å²) in [5, 5.41) is 8.16. The van der Waals surface area contributed by atoms with E-state index in [0.29, 0.717) is 30.7 Å². The molecule has 0 unspecified atom stereocenters. The second kappa shape index (κ2) is 7.35. The van der Waals surface area contributed by atoms with Gasteiger partial charge in [0, 0.05) is 44.1 Å². The van der Waals surface area contributed by atoms with Crippen molar-refractivity contribution in [3.8, 4) is 11.5 Å². The van der Waals surface area contributed by atoms with E-state index < -0.39 is 0 Å². The summed E-state index contributed by atoms with van der Waals surface area (Å²) in [6, 6.07) is 10.3. The maximum absolute atomic E-state index is 12.5. The van der Waals surface area contributed by atoms with Gasteiger partial charge in [0.25, 0.3) is 0 Å². The molecular formula is C19H24N4O2. The van der Waals surface area contributed by atoms with Crippen LogP contribution in [0.25, 0.3) is 11.5 Å². The molecule has 0 N–H and O–H groups in total. The molecule has 0 saturated carbocycles. The molecule has 6 nitrogen and oxygen atoms in total. The number of piperazine rings is 1. The molecular weight excluding hydrogens is 316 g/mol. The summed E-state index contributed by atoms with van der Waals surface area (Å²) in [6.45, 7) is 3.92. The fraction of sp³-hybridized carbons (Fsp3) is 0.526. The van der Waals surface area contributed by atoms with Crippen LogP contribution in [0.3, 0.4) is 0 Å². The zero-order valence-corrected chi connectivity index (χ0v) is 14.4. The van der Waals surface area contributed by atoms with Crippen LogP contribution >= 0.6 is 0 Å². The lowest BCUT2D eigenvalue weighted by Crippen LogP contribution is -2.56. The van der Waals surface area contributed by atoms with Gasteiger partial charge in [-0.15, -0.1) is 10.2 Å². The molecule has 0 radical (unpaired) electrons. The maximum Gasteiger partial charge on any atom is 0.247 e. The van der Waals surface area contributed by atoms with Crippen molar-refractivity contribution in [3.63, 3.8) is 0 Å². The molecule has 2 aromatic rings. The van der Waals surface area contributed by atoms with E-state index in [9.17, 15) is 4.79 Å². The molecule has 0 spiro atoms. The summed E-state index contributed by atoms with van der Waals surface area (Å²) in [6.07, 6.45) is 4.74. The highest BCUT2D eigenvalue weighted by Crippen LogP contribution is 2.22. The first kappa shape index (κ1) is 16.3. The number of rotatable bonds is 4. The first-order valence-corrected chi connectivity index (χ1v) is 9.19. The minimum atomic E-state index is 0.199. The van der Waals surface area contributed by atoms with Gasteiger partial charge >= 0.3 is 0 Å². The summed E-state index contributed by atoms with van der Waals surface area (Å²) >= 11 is 0. The number of piperidine rings is 1. The predicted octanol–water partition coefficient (Wildman–Crippen LogP) is 2.37. The number of aryl methyl sites for hydroxylation is 1. The van der Waals surface area contributed by atoms with Crippen LogP contribution in [-0.2, 0) is 11.2 Å². The van der Waals surface area contributed by atoms with E-state index in [2.05, 4.69) is 15.1 Å². The maximum atomic E-state index is 12.5. The van der Waals surface area contributed by atoms with Gasteiger partial charge in [-0.05, 0) is 31.5 Å². The van der Waals surface area contributed by atoms with E-state index in [0.717, 1.165) is 25.2 Å². The molecule has 132 valence electrons. The quantitative estimate of drug-likeness (QED) is 0.855. The van der Waals surface area contributed by atoms with E-state index in [1.54, 1.807) is 0 Å². The van der Waals surface area contributed by atoms with Crippen molar-refractivity contribution in [2.75, 3.05) is 26.2 Å². The van der Waals surface area contributed by atoms with Crippen molar-refractivity contribution in [2.24, 2.45) is 0 Å². The average Bonchev–Trinajstić information content (AvgIpc) is 3.15. The van der Waals surface area contributed by atoms with Crippen molar-refractivity contribution < 1.29 is 9.21 Å². The van der Waals surface area contributed by atoms with Crippen LogP contribution < -0.4 is 0 Å². The van der Waals surface area contributed by atoms with Gasteiger partial charge in [0.15, 0.2) is 0 Å². The lowest BCUT2D eigenvalue weighted by Gasteiger charge is -2.44. The third-order valence-corrected chi connectivity index (χ3v) is 5.23. The zero-order chi connectivity index (χ0) is 17.1. The highest BCUT2D eigenvalue weighted by molar-refractivity contribution is 5.76. The number of amides is 1. The first-order valence-electron chi connectivity index (χ1n) is 9.19. The Labute approximate surface area is 147 Å². The standard InChI is InChI=1S/C19H24N4O2/c24-18(23-13-12-22-11-5-4-8-16(22)14-23)10-9-17-20-21-19(25-17)15-6-2-1-3-7-15/h1-3,6-7,16H,4-5,8-14H2/t16-/m1/s1. The van der Waals surface area contributed by atoms with Crippen LogP contribution in [0.2, 0.25) is 0 Å². The van der Waals surface area contributed by atoms with Gasteiger partial charge in [-0.1, -0.05) is 24.6 Å². The molecule has 3 heterocycles. The lowest BCUT2D eigenvalue weighted by molar-refractivity contribution is -0.134. The average molecular weight is 340 g/mol. The van der Waals surface area contributed by atoms with Gasteiger partial charge in [-0.25, -0.2) is 0 Å². The third kappa shape index (κ3) is 3.74. The van der Waals surface area contributed by atoms with Gasteiger partial charge < -0.3 is 9.32 Å². The van der Waals surface area contributed by atoms with Crippen molar-refractivity contribution in [1.82, 2.24) is 20.0 Å². The molecule has 1 amide bonds. The molecule has 2 aliphatic heterocycles. The molecule has 0 bridgehead atoms. The molecule has 4 rings (SSSR count). The van der Waals surface area contributed by atoms with Crippen LogP contribution in [-0.4, -0.2) is 58.1 Å². The van der Waals surface area contributed by atoms with Crippen LogP contribution in [0.5, 0.6) is 0 Å². The van der Waals surface area contributed by atoms with Crippen LogP contribution in [0, 0.1) is 0 Å². The summed E-state index contributed by atoms with van der Waals surface area (Å²) in [7, 11) is 0. The fourth-order valence-electron chi connectivity index (χ4n) is 3.81. The number of benzene rings is 1. The number of fused-ring (bicyclic) bond motifs is 1. The second-order valence-corrected chi connectivity index (χ2v) is 6.89. The molecule has 2 aliphatic rings. The Morgan fingerprint density at radius 3 is 2.88 bits per heavy atom. The zero-order valence-electron chi connectivity index (χ0n) is 14.4. The van der Waals surface area contributed by atoms with Gasteiger partial charge in [-0.2, -0.15) is 0 Å². The molecule has 1 atom stereocenters. The third-order valence-electron chi connectivity index (χ3n) is 5.23. The van der Waals surface area contributed by atoms with Crippen molar-refractivity contribution in [2.45, 2.75) is 38.1 Å². The Bertz CT molecular complexity index is 715. The Morgan fingerprint density at radius 1 is 1.12 bits per heavy atom. The molecule has 25 heavy (non-hydrogen) atoms. The Balaban J connectivity index is 1.31. The summed E-state index contributed by atoms with van der Waals surface area (Å²) < 4.78 is 5.69. The number of hydrogen-bond acceptors (Lipinski definition) is 5. The molecule has 1 aromatic heterocycles.